The van der Waals surface area contributed by atoms with Gasteiger partial charge in [0.05, 0.1) is 29.5 Å². The normalized spacial score (nSPS) is 19.4. The van der Waals surface area contributed by atoms with Crippen LogP contribution in [-0.4, -0.2) is 49.1 Å². The topological polar surface area (TPSA) is 56.6 Å². The molecule has 152 valence electrons. The summed E-state index contributed by atoms with van der Waals surface area (Å²) in [6.45, 7) is 3.15. The first-order chi connectivity index (χ1) is 13.4. The number of ether oxygens (including phenoxy) is 2. The molecule has 1 aliphatic heterocycles. The second-order valence-corrected chi connectivity index (χ2v) is 7.77. The minimum absolute atomic E-state index is 0.0555. The molecule has 0 spiro atoms. The zero-order chi connectivity index (χ0) is 20.4. The highest BCUT2D eigenvalue weighted by Crippen LogP contribution is 2.32. The first-order valence-electron chi connectivity index (χ1n) is 9.24. The van der Waals surface area contributed by atoms with Gasteiger partial charge in [-0.05, 0) is 31.0 Å². The van der Waals surface area contributed by atoms with Gasteiger partial charge in [-0.15, -0.1) is 0 Å². The Morgan fingerprint density at radius 2 is 2.04 bits per heavy atom. The molecule has 1 unspecified atom stereocenters. The second kappa shape index (κ2) is 8.82. The van der Waals surface area contributed by atoms with Gasteiger partial charge in [0.25, 0.3) is 5.56 Å². The van der Waals surface area contributed by atoms with Crippen molar-refractivity contribution >= 4 is 28.9 Å². The molecule has 0 N–H and O–H groups in total. The van der Waals surface area contributed by atoms with Crippen LogP contribution in [0.4, 0.5) is 5.69 Å². The lowest BCUT2D eigenvalue weighted by molar-refractivity contribution is 0.111. The van der Waals surface area contributed by atoms with Crippen molar-refractivity contribution in [3.8, 4) is 11.4 Å². The maximum absolute atomic E-state index is 13.4. The summed E-state index contributed by atoms with van der Waals surface area (Å²) in [5, 5.41) is 0.999. The number of methoxy groups -OCH3 is 2. The van der Waals surface area contributed by atoms with Crippen LogP contribution in [0.3, 0.4) is 0 Å². The molecule has 2 atom stereocenters. The number of anilines is 1. The van der Waals surface area contributed by atoms with Crippen molar-refractivity contribution in [2.24, 2.45) is 7.05 Å². The van der Waals surface area contributed by atoms with Crippen molar-refractivity contribution in [1.29, 1.82) is 0 Å². The van der Waals surface area contributed by atoms with Crippen LogP contribution in [0.15, 0.2) is 23.0 Å². The van der Waals surface area contributed by atoms with Crippen LogP contribution < -0.4 is 10.5 Å². The Morgan fingerprint density at radius 1 is 1.29 bits per heavy atom. The van der Waals surface area contributed by atoms with E-state index in [0.717, 1.165) is 12.1 Å². The average Bonchev–Trinajstić information content (AvgIpc) is 3.07. The van der Waals surface area contributed by atoms with Crippen LogP contribution in [-0.2, 0) is 22.9 Å². The van der Waals surface area contributed by atoms with Gasteiger partial charge in [-0.25, -0.2) is 4.98 Å². The zero-order valence-electron chi connectivity index (χ0n) is 16.5. The van der Waals surface area contributed by atoms with E-state index in [2.05, 4.69) is 4.90 Å². The fourth-order valence-corrected chi connectivity index (χ4v) is 4.24. The minimum atomic E-state index is -0.106. The van der Waals surface area contributed by atoms with E-state index in [-0.39, 0.29) is 17.7 Å². The molecule has 3 rings (SSSR count). The lowest BCUT2D eigenvalue weighted by Crippen LogP contribution is -2.40. The van der Waals surface area contributed by atoms with Crippen molar-refractivity contribution in [2.45, 2.75) is 31.9 Å². The van der Waals surface area contributed by atoms with E-state index in [0.29, 0.717) is 46.7 Å². The number of rotatable bonds is 6. The molecule has 2 heterocycles. The molecule has 1 aromatic heterocycles. The van der Waals surface area contributed by atoms with E-state index in [4.69, 9.17) is 37.7 Å². The highest BCUT2D eigenvalue weighted by atomic mass is 35.5. The fraction of sp³-hybridized carbons (Fsp3) is 0.500. The van der Waals surface area contributed by atoms with E-state index in [1.165, 1.54) is 0 Å². The van der Waals surface area contributed by atoms with Gasteiger partial charge in [-0.3, -0.25) is 9.36 Å². The van der Waals surface area contributed by atoms with Crippen molar-refractivity contribution in [2.75, 3.05) is 32.3 Å². The standard InChI is InChI=1S/C20H25Cl2N3O3/c1-5-17-18(25-10-14(28-4)9-13(25)11-27-3)20(26)24(2)19(23-17)15-7-6-12(21)8-16(15)22/h6-8,13-14H,5,9-11H2,1-4H3/t13?,14-/m1/s1. The van der Waals surface area contributed by atoms with E-state index in [1.807, 2.05) is 6.92 Å². The second-order valence-electron chi connectivity index (χ2n) is 6.93. The smallest absolute Gasteiger partial charge is 0.277 e. The predicted octanol–water partition coefficient (Wildman–Crippen LogP) is 3.56. The number of nitrogens with zero attached hydrogens (tertiary/aromatic N) is 3. The van der Waals surface area contributed by atoms with Crippen molar-refractivity contribution < 1.29 is 9.47 Å². The molecular weight excluding hydrogens is 401 g/mol. The lowest BCUT2D eigenvalue weighted by atomic mass is 10.1. The van der Waals surface area contributed by atoms with Gasteiger partial charge in [-0.1, -0.05) is 30.1 Å². The Bertz CT molecular complexity index is 916. The molecule has 1 fully saturated rings. The van der Waals surface area contributed by atoms with Gasteiger partial charge < -0.3 is 14.4 Å². The Kier molecular flexibility index (Phi) is 6.65. The van der Waals surface area contributed by atoms with Crippen LogP contribution in [0.2, 0.25) is 10.0 Å². The van der Waals surface area contributed by atoms with E-state index in [1.54, 1.807) is 44.0 Å². The maximum atomic E-state index is 13.4. The molecule has 28 heavy (non-hydrogen) atoms. The summed E-state index contributed by atoms with van der Waals surface area (Å²) in [7, 11) is 5.08. The molecule has 1 aromatic carbocycles. The molecule has 0 radical (unpaired) electrons. The summed E-state index contributed by atoms with van der Waals surface area (Å²) >= 11 is 12.4. The average molecular weight is 426 g/mol. The van der Waals surface area contributed by atoms with Crippen molar-refractivity contribution in [3.05, 3.63) is 44.3 Å². The van der Waals surface area contributed by atoms with Crippen LogP contribution in [0, 0.1) is 0 Å². The summed E-state index contributed by atoms with van der Waals surface area (Å²) in [4.78, 5) is 20.3. The van der Waals surface area contributed by atoms with Gasteiger partial charge in [0.1, 0.15) is 11.5 Å². The van der Waals surface area contributed by atoms with Gasteiger partial charge in [0.15, 0.2) is 0 Å². The monoisotopic (exact) mass is 425 g/mol. The van der Waals surface area contributed by atoms with Crippen LogP contribution in [0.1, 0.15) is 19.0 Å². The number of aryl methyl sites for hydroxylation is 1. The van der Waals surface area contributed by atoms with E-state index < -0.39 is 0 Å². The van der Waals surface area contributed by atoms with Gasteiger partial charge >= 0.3 is 0 Å². The zero-order valence-corrected chi connectivity index (χ0v) is 18.0. The first kappa shape index (κ1) is 21.1. The molecule has 1 saturated heterocycles. The molecule has 0 saturated carbocycles. The van der Waals surface area contributed by atoms with E-state index in [9.17, 15) is 4.79 Å². The number of benzene rings is 1. The summed E-state index contributed by atoms with van der Waals surface area (Å²) in [6, 6.07) is 5.25. The highest BCUT2D eigenvalue weighted by molar-refractivity contribution is 6.36. The molecule has 2 aromatic rings. The molecule has 6 nitrogen and oxygen atoms in total. The minimum Gasteiger partial charge on any atom is -0.383 e. The highest BCUT2D eigenvalue weighted by Gasteiger charge is 2.35. The number of hydrogen-bond donors (Lipinski definition) is 0. The quantitative estimate of drug-likeness (QED) is 0.707. The maximum Gasteiger partial charge on any atom is 0.277 e. The first-order valence-corrected chi connectivity index (χ1v) is 10.0. The summed E-state index contributed by atoms with van der Waals surface area (Å²) in [6.07, 6.45) is 1.48. The third kappa shape index (κ3) is 3.92. The third-order valence-electron chi connectivity index (χ3n) is 5.20. The van der Waals surface area contributed by atoms with Crippen molar-refractivity contribution in [1.82, 2.24) is 9.55 Å². The predicted molar refractivity (Wildman–Crippen MR) is 113 cm³/mol. The Balaban J connectivity index is 2.14. The SMILES string of the molecule is CCc1nc(-c2ccc(Cl)cc2Cl)n(C)c(=O)c1N1C[C@H](OC)CC1COC. The van der Waals surface area contributed by atoms with Gasteiger partial charge in [0, 0.05) is 38.4 Å². The summed E-state index contributed by atoms with van der Waals surface area (Å²) < 4.78 is 12.5. The number of halogens is 2. The largest absolute Gasteiger partial charge is 0.383 e. The molecule has 0 bridgehead atoms. The number of hydrogen-bond acceptors (Lipinski definition) is 5. The molecule has 1 aliphatic rings. The molecule has 0 aliphatic carbocycles. The van der Waals surface area contributed by atoms with Gasteiger partial charge in [0.2, 0.25) is 0 Å². The third-order valence-corrected chi connectivity index (χ3v) is 5.75. The Morgan fingerprint density at radius 3 is 2.64 bits per heavy atom. The lowest BCUT2D eigenvalue weighted by Gasteiger charge is -2.28. The Labute approximate surface area is 175 Å². The van der Waals surface area contributed by atoms with E-state index >= 15 is 0 Å². The van der Waals surface area contributed by atoms with Crippen LogP contribution in [0.5, 0.6) is 0 Å². The molecular formula is C20H25Cl2N3O3. The summed E-state index contributed by atoms with van der Waals surface area (Å²) in [5.74, 6) is 0.526. The fourth-order valence-electron chi connectivity index (χ4n) is 3.75. The van der Waals surface area contributed by atoms with Crippen LogP contribution >= 0.6 is 23.2 Å². The Hall–Kier alpha value is -1.60. The molecule has 8 heteroatoms. The van der Waals surface area contributed by atoms with Gasteiger partial charge in [-0.2, -0.15) is 0 Å². The van der Waals surface area contributed by atoms with Crippen molar-refractivity contribution in [3.63, 3.8) is 0 Å². The van der Waals surface area contributed by atoms with Crippen LogP contribution in [0.25, 0.3) is 11.4 Å². The summed E-state index contributed by atoms with van der Waals surface area (Å²) in [5.41, 5.74) is 1.92. The number of aromatic nitrogens is 2. The molecule has 0 amide bonds.